The zero-order valence-corrected chi connectivity index (χ0v) is 11.9. The molecule has 1 amide bonds. The highest BCUT2D eigenvalue weighted by molar-refractivity contribution is 5.94. The van der Waals surface area contributed by atoms with E-state index in [-0.39, 0.29) is 18.6 Å². The van der Waals surface area contributed by atoms with Crippen molar-refractivity contribution >= 4 is 17.3 Å². The summed E-state index contributed by atoms with van der Waals surface area (Å²) in [6.45, 7) is 1.93. The number of aliphatic hydroxyl groups is 1. The van der Waals surface area contributed by atoms with Gasteiger partial charge >= 0.3 is 0 Å². The van der Waals surface area contributed by atoms with Crippen LogP contribution in [0.25, 0.3) is 0 Å². The summed E-state index contributed by atoms with van der Waals surface area (Å²) in [5.41, 5.74) is 2.44. The maximum Gasteiger partial charge on any atom is 0.251 e. The summed E-state index contributed by atoms with van der Waals surface area (Å²) in [7, 11) is 0. The molecule has 2 rings (SSSR count). The number of anilines is 2. The van der Waals surface area contributed by atoms with Gasteiger partial charge in [0.2, 0.25) is 0 Å². The molecular weight excluding hydrogens is 266 g/mol. The van der Waals surface area contributed by atoms with Gasteiger partial charge in [-0.05, 0) is 49.7 Å². The Morgan fingerprint density at radius 1 is 1.14 bits per heavy atom. The first kappa shape index (κ1) is 15.0. The summed E-state index contributed by atoms with van der Waals surface area (Å²) >= 11 is 0. The molecule has 1 atom stereocenters. The number of nitrogens with one attached hydrogen (secondary N) is 2. The highest BCUT2D eigenvalue weighted by Crippen LogP contribution is 2.16. The largest absolute Gasteiger partial charge is 0.396 e. The first-order valence-corrected chi connectivity index (χ1v) is 6.88. The average molecular weight is 285 g/mol. The summed E-state index contributed by atoms with van der Waals surface area (Å²) in [6.07, 6.45) is 3.98. The molecular formula is C16H19N3O2. The number of benzene rings is 1. The lowest BCUT2D eigenvalue weighted by Crippen LogP contribution is -2.33. The van der Waals surface area contributed by atoms with Crippen molar-refractivity contribution in [3.63, 3.8) is 0 Å². The quantitative estimate of drug-likeness (QED) is 0.761. The Balaban J connectivity index is 1.97. The minimum Gasteiger partial charge on any atom is -0.396 e. The molecule has 5 heteroatoms. The number of hydrogen-bond donors (Lipinski definition) is 3. The Labute approximate surface area is 124 Å². The van der Waals surface area contributed by atoms with Crippen LogP contribution < -0.4 is 10.6 Å². The van der Waals surface area contributed by atoms with E-state index in [0.717, 1.165) is 11.4 Å². The third-order valence-electron chi connectivity index (χ3n) is 3.06. The Morgan fingerprint density at radius 2 is 1.76 bits per heavy atom. The second kappa shape index (κ2) is 7.40. The molecule has 5 nitrogen and oxygen atoms in total. The Bertz CT molecular complexity index is 570. The van der Waals surface area contributed by atoms with Crippen molar-refractivity contribution in [3.8, 4) is 0 Å². The molecule has 0 aliphatic heterocycles. The van der Waals surface area contributed by atoms with E-state index >= 15 is 0 Å². The molecule has 1 heterocycles. The molecule has 0 fully saturated rings. The van der Waals surface area contributed by atoms with Gasteiger partial charge in [0.1, 0.15) is 0 Å². The van der Waals surface area contributed by atoms with Crippen LogP contribution in [0.5, 0.6) is 0 Å². The third-order valence-corrected chi connectivity index (χ3v) is 3.06. The summed E-state index contributed by atoms with van der Waals surface area (Å²) < 4.78 is 0. The van der Waals surface area contributed by atoms with E-state index in [9.17, 15) is 4.79 Å². The summed E-state index contributed by atoms with van der Waals surface area (Å²) in [4.78, 5) is 15.9. The van der Waals surface area contributed by atoms with Gasteiger partial charge in [-0.1, -0.05) is 0 Å². The van der Waals surface area contributed by atoms with Crippen molar-refractivity contribution in [1.29, 1.82) is 0 Å². The number of aliphatic hydroxyl groups excluding tert-OH is 1. The zero-order valence-electron chi connectivity index (χ0n) is 11.9. The SMILES string of the molecule is CC(CCO)NC(=O)c1ccc(Nc2ccncc2)cc1. The molecule has 2 aromatic rings. The highest BCUT2D eigenvalue weighted by atomic mass is 16.3. The van der Waals surface area contributed by atoms with E-state index < -0.39 is 0 Å². The number of nitrogens with zero attached hydrogens (tertiary/aromatic N) is 1. The van der Waals surface area contributed by atoms with Crippen LogP contribution in [0, 0.1) is 0 Å². The smallest absolute Gasteiger partial charge is 0.251 e. The van der Waals surface area contributed by atoms with Gasteiger partial charge in [-0.25, -0.2) is 0 Å². The molecule has 3 N–H and O–H groups in total. The first-order chi connectivity index (χ1) is 10.2. The Kier molecular flexibility index (Phi) is 5.29. The number of rotatable bonds is 6. The lowest BCUT2D eigenvalue weighted by atomic mass is 10.1. The number of pyridine rings is 1. The van der Waals surface area contributed by atoms with Gasteiger partial charge in [-0.15, -0.1) is 0 Å². The fourth-order valence-corrected chi connectivity index (χ4v) is 1.88. The fraction of sp³-hybridized carbons (Fsp3) is 0.250. The van der Waals surface area contributed by atoms with Crippen LogP contribution in [-0.2, 0) is 0 Å². The normalized spacial score (nSPS) is 11.7. The number of carbonyl (C=O) groups is 1. The van der Waals surface area contributed by atoms with Crippen LogP contribution in [0.3, 0.4) is 0 Å². The van der Waals surface area contributed by atoms with Crippen LogP contribution in [0.1, 0.15) is 23.7 Å². The second-order valence-corrected chi connectivity index (χ2v) is 4.83. The molecule has 110 valence electrons. The first-order valence-electron chi connectivity index (χ1n) is 6.88. The Morgan fingerprint density at radius 3 is 2.38 bits per heavy atom. The number of hydrogen-bond acceptors (Lipinski definition) is 4. The van der Waals surface area contributed by atoms with Gasteiger partial charge in [0.15, 0.2) is 0 Å². The lowest BCUT2D eigenvalue weighted by Gasteiger charge is -2.13. The van der Waals surface area contributed by atoms with Gasteiger partial charge in [-0.2, -0.15) is 0 Å². The van der Waals surface area contributed by atoms with Gasteiger partial charge in [0.25, 0.3) is 5.91 Å². The molecule has 21 heavy (non-hydrogen) atoms. The van der Waals surface area contributed by atoms with Gasteiger partial charge in [0, 0.05) is 42.0 Å². The van der Waals surface area contributed by atoms with Crippen LogP contribution in [0.15, 0.2) is 48.8 Å². The number of carbonyl (C=O) groups excluding carboxylic acids is 1. The van der Waals surface area contributed by atoms with Gasteiger partial charge in [0.05, 0.1) is 0 Å². The number of amides is 1. The zero-order chi connectivity index (χ0) is 15.1. The van der Waals surface area contributed by atoms with E-state index in [4.69, 9.17) is 5.11 Å². The van der Waals surface area contributed by atoms with E-state index in [1.54, 1.807) is 24.5 Å². The van der Waals surface area contributed by atoms with Crippen molar-refractivity contribution in [2.75, 3.05) is 11.9 Å². The number of aromatic nitrogens is 1. The summed E-state index contributed by atoms with van der Waals surface area (Å²) in [6, 6.07) is 10.9. The Hall–Kier alpha value is -2.40. The minimum absolute atomic E-state index is 0.0443. The molecule has 1 aromatic carbocycles. The topological polar surface area (TPSA) is 74.2 Å². The third kappa shape index (κ3) is 4.57. The van der Waals surface area contributed by atoms with Crippen molar-refractivity contribution < 1.29 is 9.90 Å². The van der Waals surface area contributed by atoms with E-state index in [1.165, 1.54) is 0 Å². The van der Waals surface area contributed by atoms with E-state index in [1.807, 2.05) is 31.2 Å². The molecule has 0 aliphatic carbocycles. The standard InChI is InChI=1S/C16H19N3O2/c1-12(8-11-20)18-16(21)13-2-4-14(5-3-13)19-15-6-9-17-10-7-15/h2-7,9-10,12,20H,8,11H2,1H3,(H,17,19)(H,18,21). The van der Waals surface area contributed by atoms with Crippen molar-refractivity contribution in [2.24, 2.45) is 0 Å². The van der Waals surface area contributed by atoms with E-state index in [0.29, 0.717) is 12.0 Å². The van der Waals surface area contributed by atoms with Crippen LogP contribution in [0.4, 0.5) is 11.4 Å². The molecule has 1 unspecified atom stereocenters. The fourth-order valence-electron chi connectivity index (χ4n) is 1.88. The van der Waals surface area contributed by atoms with Crippen molar-refractivity contribution in [2.45, 2.75) is 19.4 Å². The summed E-state index contributed by atoms with van der Waals surface area (Å²) in [5.74, 6) is -0.133. The average Bonchev–Trinajstić information content (AvgIpc) is 2.49. The van der Waals surface area contributed by atoms with E-state index in [2.05, 4.69) is 15.6 Å². The molecule has 0 saturated heterocycles. The predicted molar refractivity (Wildman–Crippen MR) is 82.6 cm³/mol. The minimum atomic E-state index is -0.133. The lowest BCUT2D eigenvalue weighted by molar-refractivity contribution is 0.0934. The van der Waals surface area contributed by atoms with Crippen LogP contribution in [0.2, 0.25) is 0 Å². The molecule has 0 saturated carbocycles. The van der Waals surface area contributed by atoms with Crippen LogP contribution in [-0.4, -0.2) is 28.6 Å². The predicted octanol–water partition coefficient (Wildman–Crippen LogP) is 2.33. The molecule has 0 bridgehead atoms. The van der Waals surface area contributed by atoms with Gasteiger partial charge in [-0.3, -0.25) is 9.78 Å². The summed E-state index contributed by atoms with van der Waals surface area (Å²) in [5, 5.41) is 14.9. The molecule has 0 radical (unpaired) electrons. The van der Waals surface area contributed by atoms with Crippen molar-refractivity contribution in [3.05, 3.63) is 54.4 Å². The van der Waals surface area contributed by atoms with Crippen LogP contribution >= 0.6 is 0 Å². The maximum absolute atomic E-state index is 12.0. The molecule has 0 aliphatic rings. The highest BCUT2D eigenvalue weighted by Gasteiger charge is 2.09. The maximum atomic E-state index is 12.0. The molecule has 0 spiro atoms. The molecule has 1 aromatic heterocycles. The monoisotopic (exact) mass is 285 g/mol. The second-order valence-electron chi connectivity index (χ2n) is 4.83. The van der Waals surface area contributed by atoms with Gasteiger partial charge < -0.3 is 15.7 Å². The van der Waals surface area contributed by atoms with Crippen molar-refractivity contribution in [1.82, 2.24) is 10.3 Å².